The van der Waals surface area contributed by atoms with Gasteiger partial charge in [-0.3, -0.25) is 9.59 Å². The van der Waals surface area contributed by atoms with Crippen LogP contribution < -0.4 is 10.9 Å². The number of aryl methyl sites for hydroxylation is 2. The number of amides is 1. The fraction of sp³-hybridized carbons (Fsp3) is 0.231. The van der Waals surface area contributed by atoms with Crippen LogP contribution in [0.3, 0.4) is 0 Å². The summed E-state index contributed by atoms with van der Waals surface area (Å²) < 4.78 is 8.21. The maximum atomic E-state index is 13.3. The van der Waals surface area contributed by atoms with Gasteiger partial charge in [0.25, 0.3) is 5.56 Å². The molecule has 1 unspecified atom stereocenters. The lowest BCUT2D eigenvalue weighted by Gasteiger charge is -2.18. The van der Waals surface area contributed by atoms with Crippen LogP contribution in [0.25, 0.3) is 16.5 Å². The normalized spacial score (nSPS) is 11.9. The standard InChI is InChI=1S/C26H26N4O4/c1-5-34-26(33)19-11-13-20(14-12-19)28-24(31)18(4)29-16(2)22-15-27-30(21-9-7-6-8-10-21)25(32)23(22)17(29)3/h6-15,18H,5H2,1-4H3,(H,28,31). The highest BCUT2D eigenvalue weighted by Crippen LogP contribution is 2.27. The fourth-order valence-electron chi connectivity index (χ4n) is 4.18. The summed E-state index contributed by atoms with van der Waals surface area (Å²) in [7, 11) is 0. The molecule has 0 bridgehead atoms. The number of esters is 1. The molecule has 1 amide bonds. The Morgan fingerprint density at radius 1 is 1.03 bits per heavy atom. The maximum absolute atomic E-state index is 13.3. The third-order valence-corrected chi connectivity index (χ3v) is 5.88. The number of hydrogen-bond donors (Lipinski definition) is 1. The summed E-state index contributed by atoms with van der Waals surface area (Å²) in [4.78, 5) is 38.2. The average Bonchev–Trinajstić information content (AvgIpc) is 3.10. The van der Waals surface area contributed by atoms with Gasteiger partial charge in [-0.15, -0.1) is 0 Å². The van der Waals surface area contributed by atoms with Crippen molar-refractivity contribution < 1.29 is 14.3 Å². The largest absolute Gasteiger partial charge is 0.462 e. The molecular weight excluding hydrogens is 432 g/mol. The Bertz CT molecular complexity index is 1420. The van der Waals surface area contributed by atoms with Crippen molar-refractivity contribution in [2.24, 2.45) is 0 Å². The van der Waals surface area contributed by atoms with Crippen LogP contribution in [0.15, 0.2) is 65.6 Å². The highest BCUT2D eigenvalue weighted by molar-refractivity contribution is 5.96. The molecule has 1 N–H and O–H groups in total. The van der Waals surface area contributed by atoms with Crippen LogP contribution in [0, 0.1) is 13.8 Å². The monoisotopic (exact) mass is 458 g/mol. The topological polar surface area (TPSA) is 95.2 Å². The first kappa shape index (κ1) is 23.0. The smallest absolute Gasteiger partial charge is 0.338 e. The maximum Gasteiger partial charge on any atom is 0.338 e. The van der Waals surface area contributed by atoms with Crippen LogP contribution in [0.1, 0.15) is 41.6 Å². The Morgan fingerprint density at radius 3 is 2.35 bits per heavy atom. The van der Waals surface area contributed by atoms with E-state index >= 15 is 0 Å². The molecule has 2 aromatic carbocycles. The Kier molecular flexibility index (Phi) is 6.32. The predicted molar refractivity (Wildman–Crippen MR) is 131 cm³/mol. The van der Waals surface area contributed by atoms with Crippen molar-refractivity contribution in [3.8, 4) is 5.69 Å². The molecule has 174 valence electrons. The molecule has 4 aromatic rings. The van der Waals surface area contributed by atoms with E-state index in [-0.39, 0.29) is 11.5 Å². The molecule has 8 heteroatoms. The lowest BCUT2D eigenvalue weighted by Crippen LogP contribution is -2.25. The summed E-state index contributed by atoms with van der Waals surface area (Å²) in [5.74, 6) is -0.652. The number of carbonyl (C=O) groups excluding carboxylic acids is 2. The summed E-state index contributed by atoms with van der Waals surface area (Å²) in [6.45, 7) is 7.54. The molecule has 4 rings (SSSR count). The molecule has 0 aliphatic heterocycles. The summed E-state index contributed by atoms with van der Waals surface area (Å²) >= 11 is 0. The van der Waals surface area contributed by atoms with Crippen molar-refractivity contribution in [1.29, 1.82) is 0 Å². The molecule has 0 saturated heterocycles. The summed E-state index contributed by atoms with van der Waals surface area (Å²) in [6, 6.07) is 15.2. The Hall–Kier alpha value is -4.20. The van der Waals surface area contributed by atoms with Gasteiger partial charge in [-0.25, -0.2) is 4.79 Å². The minimum Gasteiger partial charge on any atom is -0.462 e. The second-order valence-corrected chi connectivity index (χ2v) is 7.99. The minimum absolute atomic E-state index is 0.231. The molecule has 2 heterocycles. The summed E-state index contributed by atoms with van der Waals surface area (Å²) in [5.41, 5.74) is 2.91. The third-order valence-electron chi connectivity index (χ3n) is 5.88. The first-order valence-electron chi connectivity index (χ1n) is 11.1. The van der Waals surface area contributed by atoms with Crippen molar-refractivity contribution >= 4 is 28.3 Å². The number of para-hydroxylation sites is 1. The van der Waals surface area contributed by atoms with Gasteiger partial charge in [0.15, 0.2) is 0 Å². The van der Waals surface area contributed by atoms with Crippen molar-refractivity contribution in [1.82, 2.24) is 14.3 Å². The highest BCUT2D eigenvalue weighted by Gasteiger charge is 2.24. The van der Waals surface area contributed by atoms with Gasteiger partial charge in [0.2, 0.25) is 5.91 Å². The quantitative estimate of drug-likeness (QED) is 0.438. The van der Waals surface area contributed by atoms with E-state index in [1.54, 1.807) is 44.3 Å². The number of fused-ring (bicyclic) bond motifs is 1. The number of nitrogens with zero attached hydrogens (tertiary/aromatic N) is 3. The van der Waals surface area contributed by atoms with E-state index in [4.69, 9.17) is 4.74 Å². The van der Waals surface area contributed by atoms with E-state index in [2.05, 4.69) is 10.4 Å². The zero-order valence-corrected chi connectivity index (χ0v) is 19.5. The second kappa shape index (κ2) is 9.35. The van der Waals surface area contributed by atoms with Crippen LogP contribution >= 0.6 is 0 Å². The van der Waals surface area contributed by atoms with Gasteiger partial charge in [0.05, 0.1) is 29.4 Å². The zero-order valence-electron chi connectivity index (χ0n) is 19.5. The van der Waals surface area contributed by atoms with Crippen LogP contribution in [-0.2, 0) is 9.53 Å². The lowest BCUT2D eigenvalue weighted by atomic mass is 10.2. The summed E-state index contributed by atoms with van der Waals surface area (Å²) in [5, 5.41) is 8.48. The number of anilines is 1. The molecule has 2 aromatic heterocycles. The number of ether oxygens (including phenoxy) is 1. The highest BCUT2D eigenvalue weighted by atomic mass is 16.5. The Balaban J connectivity index is 1.64. The van der Waals surface area contributed by atoms with Gasteiger partial charge in [0.1, 0.15) is 6.04 Å². The van der Waals surface area contributed by atoms with Crippen molar-refractivity contribution in [2.45, 2.75) is 33.7 Å². The van der Waals surface area contributed by atoms with E-state index < -0.39 is 12.0 Å². The number of aromatic nitrogens is 3. The van der Waals surface area contributed by atoms with Crippen molar-refractivity contribution in [2.75, 3.05) is 11.9 Å². The Labute approximate surface area is 196 Å². The first-order valence-corrected chi connectivity index (χ1v) is 11.1. The van der Waals surface area contributed by atoms with Crippen LogP contribution in [0.2, 0.25) is 0 Å². The van der Waals surface area contributed by atoms with E-state index in [0.717, 1.165) is 5.69 Å². The van der Waals surface area contributed by atoms with E-state index in [0.29, 0.717) is 40.0 Å². The third kappa shape index (κ3) is 4.10. The van der Waals surface area contributed by atoms with Crippen LogP contribution in [-0.4, -0.2) is 32.8 Å². The molecule has 34 heavy (non-hydrogen) atoms. The van der Waals surface area contributed by atoms with E-state index in [9.17, 15) is 14.4 Å². The summed E-state index contributed by atoms with van der Waals surface area (Å²) in [6.07, 6.45) is 1.67. The van der Waals surface area contributed by atoms with Gasteiger partial charge in [-0.1, -0.05) is 18.2 Å². The molecule has 1 atom stereocenters. The molecular formula is C26H26N4O4. The molecule has 0 saturated carbocycles. The predicted octanol–water partition coefficient (Wildman–Crippen LogP) is 4.18. The fourth-order valence-corrected chi connectivity index (χ4v) is 4.18. The van der Waals surface area contributed by atoms with Crippen LogP contribution in [0.5, 0.6) is 0 Å². The SMILES string of the molecule is CCOC(=O)c1ccc(NC(=O)C(C)n2c(C)c3cnn(-c4ccccc4)c(=O)c3c2C)cc1. The molecule has 8 nitrogen and oxygen atoms in total. The van der Waals surface area contributed by atoms with E-state index in [1.807, 2.05) is 48.7 Å². The second-order valence-electron chi connectivity index (χ2n) is 7.99. The zero-order chi connectivity index (χ0) is 24.4. The van der Waals surface area contributed by atoms with E-state index in [1.165, 1.54) is 4.68 Å². The van der Waals surface area contributed by atoms with Crippen molar-refractivity contribution in [3.05, 3.63) is 88.1 Å². The number of benzene rings is 2. The molecule has 0 spiro atoms. The Morgan fingerprint density at radius 2 is 1.71 bits per heavy atom. The first-order chi connectivity index (χ1) is 16.3. The van der Waals surface area contributed by atoms with Gasteiger partial charge < -0.3 is 14.6 Å². The number of nitrogens with one attached hydrogen (secondary N) is 1. The minimum atomic E-state index is -0.582. The van der Waals surface area contributed by atoms with Crippen LogP contribution in [0.4, 0.5) is 5.69 Å². The van der Waals surface area contributed by atoms with Crippen molar-refractivity contribution in [3.63, 3.8) is 0 Å². The lowest BCUT2D eigenvalue weighted by molar-refractivity contribution is -0.118. The number of carbonyl (C=O) groups is 2. The molecule has 0 radical (unpaired) electrons. The van der Waals surface area contributed by atoms with Gasteiger partial charge in [-0.05, 0) is 64.1 Å². The molecule has 0 aliphatic carbocycles. The van der Waals surface area contributed by atoms with Gasteiger partial charge >= 0.3 is 5.97 Å². The number of rotatable bonds is 6. The van der Waals surface area contributed by atoms with Gasteiger partial charge in [0, 0.05) is 22.5 Å². The number of hydrogen-bond acceptors (Lipinski definition) is 5. The molecule has 0 aliphatic rings. The molecule has 0 fully saturated rings. The average molecular weight is 459 g/mol. The van der Waals surface area contributed by atoms with Gasteiger partial charge in [-0.2, -0.15) is 9.78 Å².